The molecule has 198 valence electrons. The number of amides is 1. The maximum Gasteiger partial charge on any atom is 0.267 e. The molecule has 2 heterocycles. The van der Waals surface area contributed by atoms with Crippen molar-refractivity contribution in [2.75, 3.05) is 0 Å². The summed E-state index contributed by atoms with van der Waals surface area (Å²) in [6.07, 6.45) is 2.06. The molecule has 0 N–H and O–H groups in total. The minimum Gasteiger partial charge on any atom is -0.340 e. The summed E-state index contributed by atoms with van der Waals surface area (Å²) >= 11 is 4.98. The largest absolute Gasteiger partial charge is 0.340 e. The Balaban J connectivity index is 1.44. The predicted octanol–water partition coefficient (Wildman–Crippen LogP) is 9.13. The first-order chi connectivity index (χ1) is 19.5. The van der Waals surface area contributed by atoms with Crippen molar-refractivity contribution < 1.29 is 4.79 Å². The molecule has 0 spiro atoms. The molecule has 1 amide bonds. The van der Waals surface area contributed by atoms with Gasteiger partial charge >= 0.3 is 0 Å². The highest BCUT2D eigenvalue weighted by Gasteiger charge is 2.37. The number of amidine groups is 1. The average molecular weight is 607 g/mol. The molecular weight excluding hydrogens is 578 g/mol. The maximum absolute atomic E-state index is 14.0. The van der Waals surface area contributed by atoms with Crippen LogP contribution in [0.5, 0.6) is 0 Å². The van der Waals surface area contributed by atoms with Crippen molar-refractivity contribution in [1.29, 1.82) is 0 Å². The topological polar surface area (TPSA) is 37.6 Å². The van der Waals surface area contributed by atoms with Crippen molar-refractivity contribution in [2.24, 2.45) is 4.99 Å². The Morgan fingerprint density at radius 1 is 0.875 bits per heavy atom. The molecule has 1 aliphatic rings. The van der Waals surface area contributed by atoms with Crippen LogP contribution in [0.3, 0.4) is 0 Å². The third-order valence-corrected chi connectivity index (χ3v) is 8.81. The van der Waals surface area contributed by atoms with E-state index in [-0.39, 0.29) is 11.9 Å². The summed E-state index contributed by atoms with van der Waals surface area (Å²) in [5.74, 6) is -0.0276. The third kappa shape index (κ3) is 5.17. The number of hydrogen-bond donors (Lipinski definition) is 0. The number of hydrogen-bond acceptors (Lipinski definition) is 3. The zero-order chi connectivity index (χ0) is 27.6. The van der Waals surface area contributed by atoms with Gasteiger partial charge in [0.25, 0.3) is 5.91 Å². The summed E-state index contributed by atoms with van der Waals surface area (Å²) in [4.78, 5) is 21.5. The van der Waals surface area contributed by atoms with E-state index in [0.29, 0.717) is 10.1 Å². The lowest BCUT2D eigenvalue weighted by Crippen LogP contribution is -2.32. The minimum absolute atomic E-state index is 0.0276. The lowest BCUT2D eigenvalue weighted by atomic mass is 10.1. The number of carbonyl (C=O) groups is 1. The van der Waals surface area contributed by atoms with E-state index in [4.69, 9.17) is 4.99 Å². The minimum atomic E-state index is -0.158. The van der Waals surface area contributed by atoms with Gasteiger partial charge in [0.15, 0.2) is 5.17 Å². The molecule has 1 saturated heterocycles. The Hall–Kier alpha value is -3.87. The smallest absolute Gasteiger partial charge is 0.267 e. The molecule has 4 nitrogen and oxygen atoms in total. The molecule has 1 fully saturated rings. The summed E-state index contributed by atoms with van der Waals surface area (Å²) < 4.78 is 3.40. The summed E-state index contributed by atoms with van der Waals surface area (Å²) in [5, 5.41) is 1.82. The van der Waals surface area contributed by atoms with Crippen LogP contribution < -0.4 is 0 Å². The Kier molecular flexibility index (Phi) is 7.46. The highest BCUT2D eigenvalue weighted by molar-refractivity contribution is 9.10. The number of fused-ring (bicyclic) bond motifs is 1. The van der Waals surface area contributed by atoms with E-state index in [1.165, 1.54) is 17.3 Å². The van der Waals surface area contributed by atoms with E-state index in [1.54, 1.807) is 0 Å². The predicted molar refractivity (Wildman–Crippen MR) is 171 cm³/mol. The molecule has 6 rings (SSSR count). The maximum atomic E-state index is 14.0. The number of aromatic nitrogens is 1. The molecule has 40 heavy (non-hydrogen) atoms. The molecule has 4 aromatic carbocycles. The molecular formula is C34H28BrN3OS. The van der Waals surface area contributed by atoms with E-state index in [2.05, 4.69) is 101 Å². The van der Waals surface area contributed by atoms with E-state index >= 15 is 0 Å². The van der Waals surface area contributed by atoms with Gasteiger partial charge in [-0.3, -0.25) is 9.69 Å². The first-order valence-electron chi connectivity index (χ1n) is 13.2. The number of para-hydroxylation sites is 2. The Bertz CT molecular complexity index is 1740. The molecule has 0 saturated carbocycles. The molecule has 0 radical (unpaired) electrons. The van der Waals surface area contributed by atoms with Gasteiger partial charge in [0.05, 0.1) is 16.6 Å². The summed E-state index contributed by atoms with van der Waals surface area (Å²) in [5.41, 5.74) is 6.46. The molecule has 0 aliphatic carbocycles. The number of benzene rings is 4. The molecule has 0 bridgehead atoms. The van der Waals surface area contributed by atoms with Crippen LogP contribution in [0.1, 0.15) is 35.3 Å². The highest BCUT2D eigenvalue weighted by atomic mass is 79.9. The van der Waals surface area contributed by atoms with E-state index in [9.17, 15) is 4.79 Å². The fourth-order valence-electron chi connectivity index (χ4n) is 5.15. The van der Waals surface area contributed by atoms with Crippen LogP contribution >= 0.6 is 27.7 Å². The van der Waals surface area contributed by atoms with Crippen LogP contribution in [-0.2, 0) is 11.3 Å². The van der Waals surface area contributed by atoms with Gasteiger partial charge in [-0.25, -0.2) is 4.99 Å². The molecule has 0 unspecified atom stereocenters. The van der Waals surface area contributed by atoms with Gasteiger partial charge in [-0.2, -0.15) is 0 Å². The quantitative estimate of drug-likeness (QED) is 0.181. The lowest BCUT2D eigenvalue weighted by molar-refractivity contribution is -0.123. The van der Waals surface area contributed by atoms with Crippen molar-refractivity contribution in [3.05, 3.63) is 141 Å². The SMILES string of the molecule is Cc1c(/C=C2/SC(=Nc3ccccc3)N([C@@H](C)c3ccccc3)C2=O)c2ccccc2n1Cc1ccc(Br)cc1. The van der Waals surface area contributed by atoms with Crippen LogP contribution in [0.15, 0.2) is 124 Å². The first-order valence-corrected chi connectivity index (χ1v) is 14.8. The zero-order valence-electron chi connectivity index (χ0n) is 22.3. The second-order valence-corrected chi connectivity index (χ2v) is 11.8. The van der Waals surface area contributed by atoms with Gasteiger partial charge in [0, 0.05) is 33.2 Å². The second-order valence-electron chi connectivity index (χ2n) is 9.83. The normalized spacial score (nSPS) is 16.4. The van der Waals surface area contributed by atoms with Crippen molar-refractivity contribution in [3.8, 4) is 0 Å². The fourth-order valence-corrected chi connectivity index (χ4v) is 6.46. The Labute approximate surface area is 247 Å². The first kappa shape index (κ1) is 26.4. The monoisotopic (exact) mass is 605 g/mol. The molecule has 5 aromatic rings. The van der Waals surface area contributed by atoms with Crippen molar-refractivity contribution in [1.82, 2.24) is 9.47 Å². The lowest BCUT2D eigenvalue weighted by Gasteiger charge is -2.24. The van der Waals surface area contributed by atoms with Crippen molar-refractivity contribution in [2.45, 2.75) is 26.4 Å². The second kappa shape index (κ2) is 11.3. The Morgan fingerprint density at radius 2 is 1.52 bits per heavy atom. The van der Waals surface area contributed by atoms with Crippen LogP contribution in [-0.4, -0.2) is 20.5 Å². The number of rotatable bonds is 6. The molecule has 1 atom stereocenters. The van der Waals surface area contributed by atoms with E-state index in [0.717, 1.165) is 44.4 Å². The van der Waals surface area contributed by atoms with Gasteiger partial charge in [-0.15, -0.1) is 0 Å². The standard InChI is InChI=1S/C34H28BrN3OS/c1-23(26-11-5-3-6-12-26)38-33(39)32(40-34(38)36-28-13-7-4-8-14-28)21-30-24(2)37(31-16-10-9-15-29(30)31)22-25-17-19-27(35)20-18-25/h3-21,23H,22H2,1-2H3/b32-21+,36-34?/t23-/m0/s1. The van der Waals surface area contributed by atoms with Gasteiger partial charge in [0.2, 0.25) is 0 Å². The van der Waals surface area contributed by atoms with Gasteiger partial charge < -0.3 is 4.57 Å². The van der Waals surface area contributed by atoms with Crippen molar-refractivity contribution >= 4 is 61.4 Å². The van der Waals surface area contributed by atoms with Gasteiger partial charge in [-0.1, -0.05) is 94.8 Å². The average Bonchev–Trinajstić information content (AvgIpc) is 3.43. The van der Waals surface area contributed by atoms with Gasteiger partial charge in [0.1, 0.15) is 0 Å². The number of aliphatic imine (C=N–C) groups is 1. The number of nitrogens with zero attached hydrogens (tertiary/aromatic N) is 3. The van der Waals surface area contributed by atoms with Crippen LogP contribution in [0, 0.1) is 6.92 Å². The zero-order valence-corrected chi connectivity index (χ0v) is 24.7. The number of thioether (sulfide) groups is 1. The molecule has 1 aromatic heterocycles. The summed E-state index contributed by atoms with van der Waals surface area (Å²) in [6.45, 7) is 4.95. The fraction of sp³-hybridized carbons (Fsp3) is 0.118. The van der Waals surface area contributed by atoms with Crippen LogP contribution in [0.2, 0.25) is 0 Å². The summed E-state index contributed by atoms with van der Waals surface area (Å²) in [6, 6.07) is 36.6. The molecule has 6 heteroatoms. The van der Waals surface area contributed by atoms with E-state index in [1.807, 2.05) is 53.4 Å². The van der Waals surface area contributed by atoms with E-state index < -0.39 is 0 Å². The van der Waals surface area contributed by atoms with Crippen molar-refractivity contribution in [3.63, 3.8) is 0 Å². The highest BCUT2D eigenvalue weighted by Crippen LogP contribution is 2.40. The van der Waals surface area contributed by atoms with Crippen LogP contribution in [0.25, 0.3) is 17.0 Å². The van der Waals surface area contributed by atoms with Crippen LogP contribution in [0.4, 0.5) is 5.69 Å². The Morgan fingerprint density at radius 3 is 2.25 bits per heavy atom. The molecule has 1 aliphatic heterocycles. The third-order valence-electron chi connectivity index (χ3n) is 7.30. The summed E-state index contributed by atoms with van der Waals surface area (Å²) in [7, 11) is 0. The van der Waals surface area contributed by atoms with Gasteiger partial charge in [-0.05, 0) is 73.1 Å². The number of carbonyl (C=O) groups excluding carboxylic acids is 1. The number of halogens is 1.